The van der Waals surface area contributed by atoms with E-state index in [1.54, 1.807) is 43.5 Å². The lowest BCUT2D eigenvalue weighted by Crippen LogP contribution is -2.33. The van der Waals surface area contributed by atoms with Crippen LogP contribution in [0.2, 0.25) is 0 Å². The molecule has 11 heteroatoms. The summed E-state index contributed by atoms with van der Waals surface area (Å²) >= 11 is 2.10. The summed E-state index contributed by atoms with van der Waals surface area (Å²) in [5.74, 6) is -2.52. The van der Waals surface area contributed by atoms with Crippen molar-refractivity contribution >= 4 is 52.2 Å². The number of carbonyl (C=O) groups excluding carboxylic acids is 3. The minimum atomic E-state index is -0.838. The average Bonchev–Trinajstić information content (AvgIpc) is 3.40. The van der Waals surface area contributed by atoms with Crippen LogP contribution in [-0.4, -0.2) is 34.6 Å². The largest absolute Gasteiger partial charge is 0.497 e. The Balaban J connectivity index is 1.42. The van der Waals surface area contributed by atoms with Gasteiger partial charge in [-0.25, -0.2) is 9.29 Å². The lowest BCUT2D eigenvalue weighted by molar-refractivity contribution is -0.122. The van der Waals surface area contributed by atoms with Gasteiger partial charge in [-0.05, 0) is 54.1 Å². The molecule has 0 bridgehead atoms. The molecule has 3 atom stereocenters. The van der Waals surface area contributed by atoms with E-state index >= 15 is 0 Å². The molecule has 6 rings (SSSR count). The summed E-state index contributed by atoms with van der Waals surface area (Å²) in [7, 11) is 1.55. The Morgan fingerprint density at radius 1 is 0.950 bits per heavy atom. The van der Waals surface area contributed by atoms with E-state index in [1.807, 2.05) is 18.2 Å². The number of imide groups is 1. The van der Waals surface area contributed by atoms with Gasteiger partial charge in [-0.1, -0.05) is 53.4 Å². The van der Waals surface area contributed by atoms with Crippen LogP contribution in [0.15, 0.2) is 88.7 Å². The van der Waals surface area contributed by atoms with Gasteiger partial charge in [0.05, 0.1) is 23.7 Å². The highest BCUT2D eigenvalue weighted by molar-refractivity contribution is 8.00. The first-order chi connectivity index (χ1) is 19.4. The molecule has 3 amide bonds. The first-order valence-electron chi connectivity index (χ1n) is 12.4. The number of anilines is 2. The van der Waals surface area contributed by atoms with Gasteiger partial charge >= 0.3 is 4.87 Å². The molecule has 3 aromatic carbocycles. The van der Waals surface area contributed by atoms with Crippen LogP contribution in [0.4, 0.5) is 15.8 Å². The number of thiazole rings is 1. The zero-order chi connectivity index (χ0) is 28.0. The minimum absolute atomic E-state index is 0.247. The highest BCUT2D eigenvalue weighted by Gasteiger charge is 2.56. The quantitative estimate of drug-likeness (QED) is 0.340. The number of para-hydroxylation sites is 1. The Morgan fingerprint density at radius 2 is 1.65 bits per heavy atom. The zero-order valence-corrected chi connectivity index (χ0v) is 22.7. The molecule has 2 aliphatic rings. The SMILES string of the molecule is COc1ccc(C2c3sc(=O)n(CC(=O)Nc4ccccc4)c3SC3C(=O)N(c4ccc(F)cc4)C(=O)C32)cc1. The third-order valence-corrected chi connectivity index (χ3v) is 9.57. The van der Waals surface area contributed by atoms with E-state index in [0.717, 1.165) is 33.6 Å². The number of carbonyl (C=O) groups is 3. The van der Waals surface area contributed by atoms with Crippen LogP contribution in [0.1, 0.15) is 16.4 Å². The number of nitrogens with zero attached hydrogens (tertiary/aromatic N) is 2. The molecule has 8 nitrogen and oxygen atoms in total. The number of methoxy groups -OCH3 is 1. The number of fused-ring (bicyclic) bond motifs is 2. The highest BCUT2D eigenvalue weighted by Crippen LogP contribution is 2.54. The number of halogens is 1. The smallest absolute Gasteiger partial charge is 0.308 e. The van der Waals surface area contributed by atoms with Gasteiger partial charge in [-0.15, -0.1) is 0 Å². The molecule has 40 heavy (non-hydrogen) atoms. The van der Waals surface area contributed by atoms with Crippen molar-refractivity contribution in [1.82, 2.24) is 4.57 Å². The molecular weight excluding hydrogens is 553 g/mol. The number of nitrogens with one attached hydrogen (secondary N) is 1. The van der Waals surface area contributed by atoms with Gasteiger partial charge < -0.3 is 10.1 Å². The molecule has 1 fully saturated rings. The molecule has 3 heterocycles. The maximum Gasteiger partial charge on any atom is 0.308 e. The molecule has 2 aliphatic heterocycles. The topological polar surface area (TPSA) is 97.7 Å². The molecular formula is C29H22FN3O5S2. The van der Waals surface area contributed by atoms with Crippen molar-refractivity contribution in [3.63, 3.8) is 0 Å². The number of aromatic nitrogens is 1. The van der Waals surface area contributed by atoms with E-state index in [9.17, 15) is 23.6 Å². The Labute approximate surface area is 236 Å². The molecule has 0 saturated carbocycles. The number of rotatable bonds is 6. The predicted molar refractivity (Wildman–Crippen MR) is 151 cm³/mol. The number of ether oxygens (including phenoxy) is 1. The molecule has 202 valence electrons. The number of amides is 3. The molecule has 3 unspecified atom stereocenters. The van der Waals surface area contributed by atoms with Crippen LogP contribution in [0.3, 0.4) is 0 Å². The first-order valence-corrected chi connectivity index (χ1v) is 14.1. The van der Waals surface area contributed by atoms with Crippen molar-refractivity contribution in [2.24, 2.45) is 5.92 Å². The van der Waals surface area contributed by atoms with Gasteiger partial charge in [0.1, 0.15) is 23.4 Å². The summed E-state index contributed by atoms with van der Waals surface area (Å²) in [5.41, 5.74) is 1.62. The van der Waals surface area contributed by atoms with Gasteiger partial charge in [0.2, 0.25) is 17.7 Å². The van der Waals surface area contributed by atoms with Crippen LogP contribution in [0.25, 0.3) is 0 Å². The van der Waals surface area contributed by atoms with Crippen LogP contribution in [0, 0.1) is 11.7 Å². The van der Waals surface area contributed by atoms with E-state index < -0.39 is 34.7 Å². The maximum atomic E-state index is 13.9. The van der Waals surface area contributed by atoms with E-state index in [2.05, 4.69) is 5.32 Å². The zero-order valence-electron chi connectivity index (χ0n) is 21.1. The van der Waals surface area contributed by atoms with Crippen molar-refractivity contribution in [3.8, 4) is 5.75 Å². The predicted octanol–water partition coefficient (Wildman–Crippen LogP) is 4.49. The minimum Gasteiger partial charge on any atom is -0.497 e. The Kier molecular flexibility index (Phi) is 6.77. The van der Waals surface area contributed by atoms with Crippen molar-refractivity contribution < 1.29 is 23.5 Å². The Hall–Kier alpha value is -4.22. The van der Waals surface area contributed by atoms with Crippen molar-refractivity contribution in [1.29, 1.82) is 0 Å². The van der Waals surface area contributed by atoms with Gasteiger partial charge in [-0.2, -0.15) is 0 Å². The lowest BCUT2D eigenvalue weighted by atomic mass is 9.83. The van der Waals surface area contributed by atoms with Crippen LogP contribution in [-0.2, 0) is 20.9 Å². The lowest BCUT2D eigenvalue weighted by Gasteiger charge is -2.30. The monoisotopic (exact) mass is 575 g/mol. The van der Waals surface area contributed by atoms with E-state index in [-0.39, 0.29) is 23.0 Å². The summed E-state index contributed by atoms with van der Waals surface area (Å²) in [6, 6.07) is 21.3. The first kappa shape index (κ1) is 26.0. The summed E-state index contributed by atoms with van der Waals surface area (Å²) < 4.78 is 20.3. The molecule has 0 aliphatic carbocycles. The standard InChI is InChI=1S/C29H22FN3O5S2/c1-38-20-13-7-16(8-14-20)22-23-24(27(36)33(26(23)35)19-11-9-17(30)10-12-19)39-28-25(22)40-29(37)32(28)15-21(34)31-18-5-3-2-4-6-18/h2-14,22-24H,15H2,1H3,(H,31,34). The fourth-order valence-corrected chi connectivity index (χ4v) is 7.91. The van der Waals surface area contributed by atoms with Crippen LogP contribution >= 0.6 is 23.1 Å². The van der Waals surface area contributed by atoms with Gasteiger partial charge in [-0.3, -0.25) is 23.7 Å². The third-order valence-electron chi connectivity index (χ3n) is 6.97. The molecule has 4 aromatic rings. The Morgan fingerprint density at radius 3 is 2.33 bits per heavy atom. The van der Waals surface area contributed by atoms with Gasteiger partial charge in [0.15, 0.2) is 0 Å². The summed E-state index contributed by atoms with van der Waals surface area (Å²) in [6.45, 7) is -0.247. The van der Waals surface area contributed by atoms with E-state index in [1.165, 1.54) is 28.8 Å². The van der Waals surface area contributed by atoms with Gasteiger partial charge in [0, 0.05) is 16.5 Å². The molecule has 0 radical (unpaired) electrons. The molecule has 1 N–H and O–H groups in total. The van der Waals surface area contributed by atoms with Crippen molar-refractivity contribution in [3.05, 3.63) is 105 Å². The number of hydrogen-bond donors (Lipinski definition) is 1. The number of benzene rings is 3. The Bertz CT molecular complexity index is 1670. The normalized spacial score (nSPS) is 19.8. The number of hydrogen-bond acceptors (Lipinski definition) is 7. The van der Waals surface area contributed by atoms with Crippen LogP contribution < -0.4 is 19.8 Å². The molecule has 1 saturated heterocycles. The summed E-state index contributed by atoms with van der Waals surface area (Å²) in [5, 5.41) is 2.44. The molecule has 0 spiro atoms. The number of thioether (sulfide) groups is 1. The van der Waals surface area contributed by atoms with Gasteiger partial charge in [0.25, 0.3) is 0 Å². The summed E-state index contributed by atoms with van der Waals surface area (Å²) in [6.07, 6.45) is 0. The van der Waals surface area contributed by atoms with E-state index in [0.29, 0.717) is 21.3 Å². The van der Waals surface area contributed by atoms with Crippen LogP contribution in [0.5, 0.6) is 5.75 Å². The fraction of sp³-hybridized carbons (Fsp3) is 0.172. The maximum absolute atomic E-state index is 13.9. The second-order valence-corrected chi connectivity index (χ2v) is 11.5. The summed E-state index contributed by atoms with van der Waals surface area (Å²) in [4.78, 5) is 55.1. The van der Waals surface area contributed by atoms with Crippen molar-refractivity contribution in [2.75, 3.05) is 17.3 Å². The second-order valence-electron chi connectivity index (χ2n) is 9.34. The average molecular weight is 576 g/mol. The highest BCUT2D eigenvalue weighted by atomic mass is 32.2. The molecule has 1 aromatic heterocycles. The fourth-order valence-electron chi connectivity index (χ4n) is 5.14. The van der Waals surface area contributed by atoms with Crippen molar-refractivity contribution in [2.45, 2.75) is 22.7 Å². The second kappa shape index (κ2) is 10.4. The van der Waals surface area contributed by atoms with E-state index in [4.69, 9.17) is 4.74 Å². The third kappa shape index (κ3) is 4.50.